The highest BCUT2D eigenvalue weighted by Crippen LogP contribution is 2.60. The molecule has 2 aliphatic carbocycles. The fourth-order valence-electron chi connectivity index (χ4n) is 4.97. The van der Waals surface area contributed by atoms with Crippen LogP contribution >= 0.6 is 0 Å². The van der Waals surface area contributed by atoms with Gasteiger partial charge in [0.05, 0.1) is 17.9 Å². The second-order valence-corrected chi connectivity index (χ2v) is 8.05. The maximum Gasteiger partial charge on any atom is 0.310 e. The van der Waals surface area contributed by atoms with Crippen LogP contribution in [0.5, 0.6) is 0 Å². The Morgan fingerprint density at radius 3 is 2.35 bits per heavy atom. The van der Waals surface area contributed by atoms with E-state index < -0.39 is 41.9 Å². The van der Waals surface area contributed by atoms with Crippen molar-refractivity contribution in [2.75, 3.05) is 0 Å². The van der Waals surface area contributed by atoms with Gasteiger partial charge in [-0.3, -0.25) is 14.4 Å². The Morgan fingerprint density at radius 1 is 1.23 bits per heavy atom. The number of fused-ring (bicyclic) bond motifs is 1. The van der Waals surface area contributed by atoms with E-state index in [1.807, 2.05) is 13.8 Å². The standard InChI is InChI=1S/C18H25F2NO5/c1-7(2)21-14-10-6-11(15(14)26-9(4)22)13(12(10)16(21)23)17(24)25-8(3)18(5,19)20/h7-8,10-15H,6H2,1-5H3. The van der Waals surface area contributed by atoms with Crippen LogP contribution in [0.2, 0.25) is 0 Å². The molecule has 7 atom stereocenters. The normalized spacial score (nSPS) is 36.6. The van der Waals surface area contributed by atoms with Crippen LogP contribution in [0.25, 0.3) is 0 Å². The molecule has 1 aliphatic heterocycles. The summed E-state index contributed by atoms with van der Waals surface area (Å²) in [6.07, 6.45) is -1.63. The molecule has 1 amide bonds. The number of ether oxygens (including phenoxy) is 2. The van der Waals surface area contributed by atoms with E-state index in [-0.39, 0.29) is 29.8 Å². The first-order chi connectivity index (χ1) is 11.9. The lowest BCUT2D eigenvalue weighted by atomic mass is 9.78. The van der Waals surface area contributed by atoms with Crippen molar-refractivity contribution in [3.8, 4) is 0 Å². The molecule has 26 heavy (non-hydrogen) atoms. The molecule has 0 aromatic heterocycles. The molecule has 0 aromatic rings. The number of rotatable bonds is 5. The molecule has 3 fully saturated rings. The molecular formula is C18H25F2NO5. The summed E-state index contributed by atoms with van der Waals surface area (Å²) in [4.78, 5) is 38.8. The third kappa shape index (κ3) is 2.77. The highest BCUT2D eigenvalue weighted by molar-refractivity contribution is 5.90. The number of halogens is 2. The van der Waals surface area contributed by atoms with Crippen molar-refractivity contribution >= 4 is 17.8 Å². The largest absolute Gasteiger partial charge is 0.460 e. The van der Waals surface area contributed by atoms with Gasteiger partial charge in [0.1, 0.15) is 6.10 Å². The van der Waals surface area contributed by atoms with Gasteiger partial charge in [0.15, 0.2) is 6.10 Å². The van der Waals surface area contributed by atoms with Crippen molar-refractivity contribution in [3.63, 3.8) is 0 Å². The van der Waals surface area contributed by atoms with Gasteiger partial charge >= 0.3 is 11.9 Å². The van der Waals surface area contributed by atoms with E-state index in [1.54, 1.807) is 4.90 Å². The molecule has 146 valence electrons. The fraction of sp³-hybridized carbons (Fsp3) is 0.833. The van der Waals surface area contributed by atoms with Crippen LogP contribution in [-0.4, -0.2) is 53.0 Å². The average Bonchev–Trinajstić information content (AvgIpc) is 3.07. The van der Waals surface area contributed by atoms with Gasteiger partial charge in [-0.1, -0.05) is 0 Å². The highest BCUT2D eigenvalue weighted by atomic mass is 19.3. The van der Waals surface area contributed by atoms with Crippen molar-refractivity contribution in [2.24, 2.45) is 23.7 Å². The molecule has 2 saturated carbocycles. The van der Waals surface area contributed by atoms with E-state index in [2.05, 4.69) is 0 Å². The minimum Gasteiger partial charge on any atom is -0.460 e. The number of alkyl halides is 2. The molecule has 0 aromatic carbocycles. The van der Waals surface area contributed by atoms with Crippen molar-refractivity contribution in [2.45, 2.75) is 71.3 Å². The van der Waals surface area contributed by atoms with Crippen LogP contribution in [0.15, 0.2) is 0 Å². The minimum atomic E-state index is -3.17. The predicted molar refractivity (Wildman–Crippen MR) is 86.1 cm³/mol. The van der Waals surface area contributed by atoms with Gasteiger partial charge in [-0.2, -0.15) is 0 Å². The van der Waals surface area contributed by atoms with Gasteiger partial charge in [-0.05, 0) is 33.1 Å². The van der Waals surface area contributed by atoms with Crippen molar-refractivity contribution < 1.29 is 32.6 Å². The molecule has 2 bridgehead atoms. The number of likely N-dealkylation sites (tertiary alicyclic amines) is 1. The zero-order valence-electron chi connectivity index (χ0n) is 15.6. The molecule has 8 heteroatoms. The number of amides is 1. The highest BCUT2D eigenvalue weighted by Gasteiger charge is 2.71. The summed E-state index contributed by atoms with van der Waals surface area (Å²) < 4.78 is 37.3. The first kappa shape index (κ1) is 19.0. The summed E-state index contributed by atoms with van der Waals surface area (Å²) in [6, 6.07) is -0.360. The number of esters is 2. The summed E-state index contributed by atoms with van der Waals surface area (Å²) in [5.74, 6) is -6.55. The van der Waals surface area contributed by atoms with Crippen molar-refractivity contribution in [3.05, 3.63) is 0 Å². The number of hydrogen-bond donors (Lipinski definition) is 0. The Labute approximate surface area is 151 Å². The minimum absolute atomic E-state index is 0.106. The van der Waals surface area contributed by atoms with Gasteiger partial charge in [-0.25, -0.2) is 8.78 Å². The third-order valence-corrected chi connectivity index (χ3v) is 6.05. The third-order valence-electron chi connectivity index (χ3n) is 6.05. The topological polar surface area (TPSA) is 72.9 Å². The number of hydrogen-bond acceptors (Lipinski definition) is 5. The maximum absolute atomic E-state index is 13.4. The van der Waals surface area contributed by atoms with Crippen LogP contribution in [0.4, 0.5) is 8.78 Å². The van der Waals surface area contributed by atoms with Crippen LogP contribution in [-0.2, 0) is 23.9 Å². The predicted octanol–water partition coefficient (Wildman–Crippen LogP) is 2.01. The van der Waals surface area contributed by atoms with E-state index in [1.165, 1.54) is 6.92 Å². The Morgan fingerprint density at radius 2 is 1.85 bits per heavy atom. The Balaban J connectivity index is 1.90. The van der Waals surface area contributed by atoms with Gasteiger partial charge in [0.25, 0.3) is 5.92 Å². The second kappa shape index (κ2) is 6.16. The Bertz CT molecular complexity index is 632. The molecule has 0 spiro atoms. The molecule has 3 rings (SSSR count). The van der Waals surface area contributed by atoms with E-state index in [9.17, 15) is 23.2 Å². The fourth-order valence-corrected chi connectivity index (χ4v) is 4.97. The second-order valence-electron chi connectivity index (χ2n) is 8.05. The van der Waals surface area contributed by atoms with E-state index in [4.69, 9.17) is 9.47 Å². The summed E-state index contributed by atoms with van der Waals surface area (Å²) in [5.41, 5.74) is 0. The lowest BCUT2D eigenvalue weighted by Gasteiger charge is -2.35. The van der Waals surface area contributed by atoms with Crippen LogP contribution in [0.3, 0.4) is 0 Å². The molecule has 1 heterocycles. The quantitative estimate of drug-likeness (QED) is 0.690. The van der Waals surface area contributed by atoms with E-state index in [0.29, 0.717) is 13.3 Å². The maximum atomic E-state index is 13.4. The average molecular weight is 373 g/mol. The summed E-state index contributed by atoms with van der Waals surface area (Å²) >= 11 is 0. The zero-order valence-corrected chi connectivity index (χ0v) is 15.6. The SMILES string of the molecule is CC(=O)OC1C2CC3C(C(=O)N(C(C)C)C31)C2C(=O)OC(C)C(C)(F)F. The lowest BCUT2D eigenvalue weighted by Crippen LogP contribution is -2.48. The smallest absolute Gasteiger partial charge is 0.310 e. The van der Waals surface area contributed by atoms with Gasteiger partial charge in [0.2, 0.25) is 5.91 Å². The monoisotopic (exact) mass is 373 g/mol. The molecule has 0 N–H and O–H groups in total. The summed E-state index contributed by atoms with van der Waals surface area (Å²) in [7, 11) is 0. The van der Waals surface area contributed by atoms with Crippen LogP contribution in [0.1, 0.15) is 41.0 Å². The van der Waals surface area contributed by atoms with Gasteiger partial charge in [0, 0.05) is 25.8 Å². The van der Waals surface area contributed by atoms with Gasteiger partial charge < -0.3 is 14.4 Å². The number of carbonyl (C=O) groups is 3. The number of carbonyl (C=O) groups excluding carboxylic acids is 3. The molecule has 3 aliphatic rings. The Hall–Kier alpha value is -1.73. The lowest BCUT2D eigenvalue weighted by molar-refractivity contribution is -0.179. The van der Waals surface area contributed by atoms with Crippen LogP contribution in [0, 0.1) is 23.7 Å². The summed E-state index contributed by atoms with van der Waals surface area (Å²) in [5, 5.41) is 0. The molecule has 1 saturated heterocycles. The first-order valence-corrected chi connectivity index (χ1v) is 9.02. The Kier molecular flexibility index (Phi) is 4.51. The molecule has 7 unspecified atom stereocenters. The summed E-state index contributed by atoms with van der Waals surface area (Å²) in [6.45, 7) is 6.84. The van der Waals surface area contributed by atoms with E-state index in [0.717, 1.165) is 6.92 Å². The molecule has 0 radical (unpaired) electrons. The zero-order chi connectivity index (χ0) is 19.5. The molecule has 6 nitrogen and oxygen atoms in total. The van der Waals surface area contributed by atoms with Gasteiger partial charge in [-0.15, -0.1) is 0 Å². The van der Waals surface area contributed by atoms with E-state index >= 15 is 0 Å². The van der Waals surface area contributed by atoms with Crippen molar-refractivity contribution in [1.82, 2.24) is 4.90 Å². The van der Waals surface area contributed by atoms with Crippen molar-refractivity contribution in [1.29, 1.82) is 0 Å². The van der Waals surface area contributed by atoms with Crippen LogP contribution < -0.4 is 0 Å². The molecular weight excluding hydrogens is 348 g/mol. The first-order valence-electron chi connectivity index (χ1n) is 9.02. The number of nitrogens with zero attached hydrogens (tertiary/aromatic N) is 1.